The van der Waals surface area contributed by atoms with Gasteiger partial charge in [0.25, 0.3) is 0 Å². The predicted molar refractivity (Wildman–Crippen MR) is 64.3 cm³/mol. The van der Waals surface area contributed by atoms with Crippen molar-refractivity contribution in [1.29, 1.82) is 0 Å². The zero-order valence-corrected chi connectivity index (χ0v) is 10.4. The van der Waals surface area contributed by atoms with Gasteiger partial charge in [-0.25, -0.2) is 0 Å². The van der Waals surface area contributed by atoms with Crippen LogP contribution in [0.4, 0.5) is 0 Å². The van der Waals surface area contributed by atoms with E-state index in [1.165, 1.54) is 19.3 Å². The molecule has 2 fully saturated rings. The summed E-state index contributed by atoms with van der Waals surface area (Å²) in [5, 5.41) is 3.32. The largest absolute Gasteiger partial charge is 0.347 e. The fourth-order valence-electron chi connectivity index (χ4n) is 2.51. The van der Waals surface area contributed by atoms with Gasteiger partial charge in [-0.15, -0.1) is 0 Å². The van der Waals surface area contributed by atoms with Crippen molar-refractivity contribution in [2.45, 2.75) is 25.3 Å². The van der Waals surface area contributed by atoms with Crippen LogP contribution in [-0.4, -0.2) is 62.0 Å². The van der Waals surface area contributed by atoms with E-state index in [1.54, 1.807) is 4.90 Å². The maximum atomic E-state index is 12.0. The first-order valence-electron chi connectivity index (χ1n) is 6.34. The molecule has 4 nitrogen and oxygen atoms in total. The zero-order valence-electron chi connectivity index (χ0n) is 10.4. The summed E-state index contributed by atoms with van der Waals surface area (Å²) in [4.78, 5) is 16.1. The number of carbonyl (C=O) groups excluding carboxylic acids is 1. The molecule has 0 radical (unpaired) electrons. The number of rotatable bonds is 3. The van der Waals surface area contributed by atoms with Gasteiger partial charge in [0.2, 0.25) is 5.91 Å². The molecule has 1 aliphatic carbocycles. The minimum absolute atomic E-state index is 0.0596. The lowest BCUT2D eigenvalue weighted by Gasteiger charge is -2.40. The van der Waals surface area contributed by atoms with E-state index in [9.17, 15) is 4.79 Å². The van der Waals surface area contributed by atoms with Gasteiger partial charge in [-0.1, -0.05) is 6.42 Å². The average molecular weight is 225 g/mol. The van der Waals surface area contributed by atoms with E-state index in [1.807, 2.05) is 14.1 Å². The smallest absolute Gasteiger partial charge is 0.240 e. The number of amides is 1. The summed E-state index contributed by atoms with van der Waals surface area (Å²) in [7, 11) is 3.69. The van der Waals surface area contributed by atoms with E-state index < -0.39 is 0 Å². The molecule has 92 valence electrons. The molecule has 1 saturated heterocycles. The lowest BCUT2D eigenvalue weighted by atomic mass is 9.84. The van der Waals surface area contributed by atoms with Gasteiger partial charge in [0.05, 0.1) is 0 Å². The molecule has 1 amide bonds. The van der Waals surface area contributed by atoms with Crippen molar-refractivity contribution in [3.63, 3.8) is 0 Å². The first kappa shape index (κ1) is 11.9. The van der Waals surface area contributed by atoms with Crippen molar-refractivity contribution in [1.82, 2.24) is 15.1 Å². The second kappa shape index (κ2) is 5.15. The summed E-state index contributed by atoms with van der Waals surface area (Å²) in [6.07, 6.45) is 4.09. The molecule has 1 aliphatic heterocycles. The van der Waals surface area contributed by atoms with E-state index in [0.29, 0.717) is 0 Å². The fraction of sp³-hybridized carbons (Fsp3) is 0.917. The van der Waals surface area contributed by atoms with Crippen molar-refractivity contribution in [3.8, 4) is 0 Å². The van der Waals surface area contributed by atoms with Crippen LogP contribution in [0.1, 0.15) is 19.3 Å². The van der Waals surface area contributed by atoms with Crippen LogP contribution in [0.25, 0.3) is 0 Å². The molecule has 1 saturated carbocycles. The lowest BCUT2D eigenvalue weighted by Crippen LogP contribution is -2.58. The van der Waals surface area contributed by atoms with Crippen molar-refractivity contribution in [2.24, 2.45) is 5.92 Å². The van der Waals surface area contributed by atoms with Crippen LogP contribution in [-0.2, 0) is 4.79 Å². The SMILES string of the molecule is CN(C)C(=O)C1CNCCN1CC1CCC1. The Kier molecular flexibility index (Phi) is 3.82. The standard InChI is InChI=1S/C12H23N3O/c1-14(2)12(16)11-8-13-6-7-15(11)9-10-4-3-5-10/h10-11,13H,3-9H2,1-2H3. The molecule has 1 atom stereocenters. The molecule has 0 aromatic carbocycles. The summed E-state index contributed by atoms with van der Waals surface area (Å²) in [6.45, 7) is 3.96. The molecular weight excluding hydrogens is 202 g/mol. The van der Waals surface area contributed by atoms with E-state index in [0.717, 1.165) is 32.1 Å². The van der Waals surface area contributed by atoms with Crippen molar-refractivity contribution < 1.29 is 4.79 Å². The second-order valence-corrected chi connectivity index (χ2v) is 5.24. The van der Waals surface area contributed by atoms with E-state index in [2.05, 4.69) is 10.2 Å². The van der Waals surface area contributed by atoms with Crippen LogP contribution in [0.5, 0.6) is 0 Å². The number of hydrogen-bond acceptors (Lipinski definition) is 3. The molecule has 0 bridgehead atoms. The van der Waals surface area contributed by atoms with Crippen molar-refractivity contribution in [2.75, 3.05) is 40.3 Å². The number of hydrogen-bond donors (Lipinski definition) is 1. The van der Waals surface area contributed by atoms with E-state index in [4.69, 9.17) is 0 Å². The van der Waals surface area contributed by atoms with Crippen LogP contribution in [0, 0.1) is 5.92 Å². The monoisotopic (exact) mass is 225 g/mol. The summed E-state index contributed by atoms with van der Waals surface area (Å²) in [5.74, 6) is 1.09. The molecule has 1 unspecified atom stereocenters. The van der Waals surface area contributed by atoms with Crippen LogP contribution < -0.4 is 5.32 Å². The van der Waals surface area contributed by atoms with Gasteiger partial charge in [0, 0.05) is 40.3 Å². The normalized spacial score (nSPS) is 27.5. The van der Waals surface area contributed by atoms with E-state index in [-0.39, 0.29) is 11.9 Å². The van der Waals surface area contributed by atoms with Crippen molar-refractivity contribution in [3.05, 3.63) is 0 Å². The van der Waals surface area contributed by atoms with Gasteiger partial charge in [-0.3, -0.25) is 9.69 Å². The van der Waals surface area contributed by atoms with Crippen LogP contribution in [0.2, 0.25) is 0 Å². The quantitative estimate of drug-likeness (QED) is 0.742. The molecular formula is C12H23N3O. The lowest BCUT2D eigenvalue weighted by molar-refractivity contribution is -0.135. The first-order chi connectivity index (χ1) is 7.68. The fourth-order valence-corrected chi connectivity index (χ4v) is 2.51. The highest BCUT2D eigenvalue weighted by atomic mass is 16.2. The number of nitrogens with zero attached hydrogens (tertiary/aromatic N) is 2. The highest BCUT2D eigenvalue weighted by Gasteiger charge is 2.32. The van der Waals surface area contributed by atoms with Crippen LogP contribution >= 0.6 is 0 Å². The number of piperazine rings is 1. The Morgan fingerprint density at radius 1 is 1.44 bits per heavy atom. The third kappa shape index (κ3) is 2.55. The van der Waals surface area contributed by atoms with Gasteiger partial charge in [-0.2, -0.15) is 0 Å². The van der Waals surface area contributed by atoms with Gasteiger partial charge in [0.1, 0.15) is 6.04 Å². The topological polar surface area (TPSA) is 35.6 Å². The predicted octanol–water partition coefficient (Wildman–Crippen LogP) is 0.149. The van der Waals surface area contributed by atoms with Gasteiger partial charge in [-0.05, 0) is 18.8 Å². The highest BCUT2D eigenvalue weighted by molar-refractivity contribution is 5.81. The molecule has 0 aromatic rings. The second-order valence-electron chi connectivity index (χ2n) is 5.24. The minimum atomic E-state index is 0.0596. The Bertz CT molecular complexity index is 251. The molecule has 1 heterocycles. The third-order valence-corrected chi connectivity index (χ3v) is 3.80. The van der Waals surface area contributed by atoms with Gasteiger partial charge < -0.3 is 10.2 Å². The Labute approximate surface area is 98.0 Å². The number of nitrogens with one attached hydrogen (secondary N) is 1. The number of carbonyl (C=O) groups is 1. The number of likely N-dealkylation sites (N-methyl/N-ethyl adjacent to an activating group) is 1. The van der Waals surface area contributed by atoms with Crippen LogP contribution in [0.15, 0.2) is 0 Å². The molecule has 16 heavy (non-hydrogen) atoms. The highest BCUT2D eigenvalue weighted by Crippen LogP contribution is 2.28. The Hall–Kier alpha value is -0.610. The maximum Gasteiger partial charge on any atom is 0.240 e. The summed E-state index contributed by atoms with van der Waals surface area (Å²) < 4.78 is 0. The third-order valence-electron chi connectivity index (χ3n) is 3.80. The first-order valence-corrected chi connectivity index (χ1v) is 6.34. The molecule has 2 aliphatic rings. The molecule has 1 N–H and O–H groups in total. The maximum absolute atomic E-state index is 12.0. The molecule has 4 heteroatoms. The minimum Gasteiger partial charge on any atom is -0.347 e. The van der Waals surface area contributed by atoms with E-state index >= 15 is 0 Å². The summed E-state index contributed by atoms with van der Waals surface area (Å²) >= 11 is 0. The summed E-state index contributed by atoms with van der Waals surface area (Å²) in [5.41, 5.74) is 0. The van der Waals surface area contributed by atoms with Crippen LogP contribution in [0.3, 0.4) is 0 Å². The molecule has 2 rings (SSSR count). The Morgan fingerprint density at radius 3 is 2.75 bits per heavy atom. The summed E-state index contributed by atoms with van der Waals surface area (Å²) in [6, 6.07) is 0.0596. The van der Waals surface area contributed by atoms with Gasteiger partial charge >= 0.3 is 0 Å². The van der Waals surface area contributed by atoms with Crippen molar-refractivity contribution >= 4 is 5.91 Å². The molecule has 0 spiro atoms. The Balaban J connectivity index is 1.92. The molecule has 0 aromatic heterocycles. The average Bonchev–Trinajstić information content (AvgIpc) is 2.23. The van der Waals surface area contributed by atoms with Gasteiger partial charge in [0.15, 0.2) is 0 Å². The Morgan fingerprint density at radius 2 is 2.19 bits per heavy atom. The zero-order chi connectivity index (χ0) is 11.5.